The van der Waals surface area contributed by atoms with Gasteiger partial charge in [-0.15, -0.1) is 0 Å². The fourth-order valence-corrected chi connectivity index (χ4v) is 4.46. The van der Waals surface area contributed by atoms with Crippen LogP contribution in [0.5, 0.6) is 0 Å². The van der Waals surface area contributed by atoms with Crippen LogP contribution in [-0.4, -0.2) is 60.0 Å². The van der Waals surface area contributed by atoms with E-state index in [4.69, 9.17) is 4.74 Å². The molecule has 1 aliphatic rings. The summed E-state index contributed by atoms with van der Waals surface area (Å²) in [5.74, 6) is -1.90. The Balaban J connectivity index is 0.00000481. The number of amides is 3. The Bertz CT molecular complexity index is 1150. The molecule has 1 aliphatic heterocycles. The Morgan fingerprint density at radius 3 is 2.19 bits per heavy atom. The van der Waals surface area contributed by atoms with Crippen LogP contribution >= 0.6 is 0 Å². The molecule has 0 aromatic heterocycles. The number of aliphatic hydroxyl groups excluding tert-OH is 1. The van der Waals surface area contributed by atoms with Crippen molar-refractivity contribution in [2.45, 2.75) is 43.4 Å². The van der Waals surface area contributed by atoms with Crippen molar-refractivity contribution in [3.05, 3.63) is 71.8 Å². The summed E-state index contributed by atoms with van der Waals surface area (Å²) in [5, 5.41) is 17.5. The predicted octanol–water partition coefficient (Wildman–Crippen LogP) is -2.60. The molecule has 1 heterocycles. The molecule has 1 fully saturated rings. The van der Waals surface area contributed by atoms with E-state index in [1.54, 1.807) is 54.6 Å². The third kappa shape index (κ3) is 9.72. The third-order valence-electron chi connectivity index (χ3n) is 5.77. The van der Waals surface area contributed by atoms with Gasteiger partial charge < -0.3 is 30.3 Å². The number of benzene rings is 2. The van der Waals surface area contributed by atoms with Crippen molar-refractivity contribution in [1.29, 1.82) is 0 Å². The summed E-state index contributed by atoms with van der Waals surface area (Å²) in [6.45, 7) is 0.314. The molecule has 11 nitrogen and oxygen atoms in total. The van der Waals surface area contributed by atoms with Crippen LogP contribution in [0.3, 0.4) is 0 Å². The second-order valence-electron chi connectivity index (χ2n) is 8.46. The number of hydrogen-bond donors (Lipinski definition) is 4. The maximum atomic E-state index is 13.2. The number of alkyl carbamates (subject to hydrolysis) is 1. The van der Waals surface area contributed by atoms with Crippen LogP contribution in [0, 0.1) is 5.92 Å². The van der Waals surface area contributed by atoms with E-state index in [-0.39, 0.29) is 54.9 Å². The van der Waals surface area contributed by atoms with Gasteiger partial charge in [-0.1, -0.05) is 60.7 Å². The van der Waals surface area contributed by atoms with Gasteiger partial charge in [0.25, 0.3) is 0 Å². The van der Waals surface area contributed by atoms with Crippen LogP contribution in [-0.2, 0) is 37.5 Å². The number of ether oxygens (including phenoxy) is 1. The average molecular weight is 542 g/mol. The number of carbonyl (C=O) groups is 3. The van der Waals surface area contributed by atoms with Gasteiger partial charge in [-0.05, 0) is 24.0 Å². The molecule has 0 radical (unpaired) electrons. The summed E-state index contributed by atoms with van der Waals surface area (Å²) in [4.78, 5) is 37.6. The monoisotopic (exact) mass is 541 g/mol. The summed E-state index contributed by atoms with van der Waals surface area (Å²) in [7, 11) is -5.21. The van der Waals surface area contributed by atoms with Crippen molar-refractivity contribution in [2.75, 3.05) is 6.54 Å². The van der Waals surface area contributed by atoms with Crippen LogP contribution in [0.4, 0.5) is 4.79 Å². The molecule has 4 N–H and O–H groups in total. The summed E-state index contributed by atoms with van der Waals surface area (Å²) >= 11 is 0. The molecule has 3 rings (SSSR count). The zero-order chi connectivity index (χ0) is 26.1. The van der Waals surface area contributed by atoms with Gasteiger partial charge in [0.05, 0.1) is 6.04 Å². The number of hydrogen-bond acceptors (Lipinski definition) is 8. The second kappa shape index (κ2) is 14.5. The van der Waals surface area contributed by atoms with E-state index in [1.165, 1.54) is 0 Å². The number of nitrogens with one attached hydrogen (secondary N) is 3. The van der Waals surface area contributed by atoms with Crippen LogP contribution in [0.1, 0.15) is 24.0 Å². The van der Waals surface area contributed by atoms with E-state index in [9.17, 15) is 32.5 Å². The summed E-state index contributed by atoms with van der Waals surface area (Å²) in [6.07, 6.45) is -0.784. The standard InChI is InChI=1S/C24H29N3O8S.Na/c28-21-18(11-12-25-21)14-20(23(30)36(32,33)34)26-22(29)19(13-16-7-3-1-4-8-16)27-24(31)35-15-17-9-5-2-6-10-17;/h1-10,18-20,23,30H,11-15H2,(H,25,28)(H,26,29)(H,27,31)(H,32,33,34);/q;+1/p-1/t18?,19-,20-,23?;/m0./s1. The van der Waals surface area contributed by atoms with Crippen LogP contribution < -0.4 is 45.5 Å². The molecule has 0 saturated carbocycles. The Labute approximate surface area is 237 Å². The fraction of sp³-hybridized carbons (Fsp3) is 0.375. The summed E-state index contributed by atoms with van der Waals surface area (Å²) < 4.78 is 39.8. The molecule has 0 bridgehead atoms. The van der Waals surface area contributed by atoms with Gasteiger partial charge >= 0.3 is 35.7 Å². The summed E-state index contributed by atoms with van der Waals surface area (Å²) in [5.41, 5.74) is -1.06. The minimum atomic E-state index is -5.21. The van der Waals surface area contributed by atoms with Crippen molar-refractivity contribution >= 4 is 28.0 Å². The molecule has 2 unspecified atom stereocenters. The van der Waals surface area contributed by atoms with E-state index >= 15 is 0 Å². The van der Waals surface area contributed by atoms with Gasteiger partial charge in [0.2, 0.25) is 11.8 Å². The zero-order valence-corrected chi connectivity index (χ0v) is 23.1. The van der Waals surface area contributed by atoms with Gasteiger partial charge in [-0.3, -0.25) is 9.59 Å². The Morgan fingerprint density at radius 1 is 1.05 bits per heavy atom. The molecule has 0 spiro atoms. The molecule has 37 heavy (non-hydrogen) atoms. The maximum absolute atomic E-state index is 13.2. The Morgan fingerprint density at radius 2 is 1.65 bits per heavy atom. The Kier molecular flexibility index (Phi) is 12.0. The van der Waals surface area contributed by atoms with Gasteiger partial charge in [-0.25, -0.2) is 13.2 Å². The molecule has 2 aromatic rings. The first-order valence-corrected chi connectivity index (χ1v) is 12.8. The molecule has 2 aromatic carbocycles. The van der Waals surface area contributed by atoms with Gasteiger partial charge in [0, 0.05) is 18.9 Å². The van der Waals surface area contributed by atoms with E-state index in [2.05, 4.69) is 16.0 Å². The van der Waals surface area contributed by atoms with E-state index in [0.29, 0.717) is 18.5 Å². The average Bonchev–Trinajstić information content (AvgIpc) is 3.26. The predicted molar refractivity (Wildman–Crippen MR) is 127 cm³/mol. The van der Waals surface area contributed by atoms with Crippen LogP contribution in [0.25, 0.3) is 0 Å². The van der Waals surface area contributed by atoms with Crippen LogP contribution in [0.15, 0.2) is 60.7 Å². The molecule has 13 heteroatoms. The third-order valence-corrected chi connectivity index (χ3v) is 6.69. The van der Waals surface area contributed by atoms with Gasteiger partial charge in [-0.2, -0.15) is 0 Å². The first kappa shape index (κ1) is 30.7. The quantitative estimate of drug-likeness (QED) is 0.177. The summed E-state index contributed by atoms with van der Waals surface area (Å²) in [6, 6.07) is 14.8. The van der Waals surface area contributed by atoms with Gasteiger partial charge in [0.15, 0.2) is 5.44 Å². The first-order chi connectivity index (χ1) is 17.1. The fourth-order valence-electron chi connectivity index (χ4n) is 3.87. The van der Waals surface area contributed by atoms with Crippen molar-refractivity contribution in [1.82, 2.24) is 16.0 Å². The normalized spacial score (nSPS) is 17.5. The van der Waals surface area contributed by atoms with E-state index in [0.717, 1.165) is 5.56 Å². The molecule has 0 aliphatic carbocycles. The van der Waals surface area contributed by atoms with Gasteiger partial charge in [0.1, 0.15) is 22.8 Å². The smallest absolute Gasteiger partial charge is 0.746 e. The Hall–Kier alpha value is -2.48. The molecular weight excluding hydrogens is 513 g/mol. The van der Waals surface area contributed by atoms with Crippen molar-refractivity contribution in [3.63, 3.8) is 0 Å². The molecule has 4 atom stereocenters. The first-order valence-electron chi connectivity index (χ1n) is 11.4. The van der Waals surface area contributed by atoms with Crippen molar-refractivity contribution in [3.8, 4) is 0 Å². The number of aliphatic hydroxyl groups is 1. The molecule has 194 valence electrons. The van der Waals surface area contributed by atoms with Crippen molar-refractivity contribution in [2.24, 2.45) is 5.92 Å². The van der Waals surface area contributed by atoms with Crippen molar-refractivity contribution < 1.29 is 66.8 Å². The second-order valence-corrected chi connectivity index (χ2v) is 9.93. The minimum absolute atomic E-state index is 0. The topological polar surface area (TPSA) is 174 Å². The minimum Gasteiger partial charge on any atom is -0.746 e. The molecule has 3 amide bonds. The van der Waals surface area contributed by atoms with E-state index in [1.807, 2.05) is 6.07 Å². The SMILES string of the molecule is O=C(N[C@@H](Cc1ccccc1)C(=O)N[C@@H](CC1CCNC1=O)C(O)S(=O)(=O)[O-])OCc1ccccc1.[Na+]. The van der Waals surface area contributed by atoms with Crippen LogP contribution in [0.2, 0.25) is 0 Å². The van der Waals surface area contributed by atoms with E-state index < -0.39 is 45.6 Å². The maximum Gasteiger partial charge on any atom is 1.00 e. The number of rotatable bonds is 11. The number of carbonyl (C=O) groups excluding carboxylic acids is 3. The molecular formula is C24H28N3NaO8S. The molecule has 1 saturated heterocycles. The largest absolute Gasteiger partial charge is 1.00 e. The zero-order valence-electron chi connectivity index (χ0n) is 20.3.